The third-order valence-corrected chi connectivity index (χ3v) is 3.57. The fourth-order valence-corrected chi connectivity index (χ4v) is 2.36. The van der Waals surface area contributed by atoms with Crippen LogP contribution in [0.15, 0.2) is 23.4 Å². The van der Waals surface area contributed by atoms with E-state index >= 15 is 0 Å². The first-order chi connectivity index (χ1) is 8.08. The molecule has 0 bridgehead atoms. The van der Waals surface area contributed by atoms with Crippen molar-refractivity contribution in [3.8, 4) is 0 Å². The van der Waals surface area contributed by atoms with Gasteiger partial charge < -0.3 is 10.5 Å². The predicted molar refractivity (Wildman–Crippen MR) is 64.9 cm³/mol. The average Bonchev–Trinajstić information content (AvgIpc) is 2.29. The summed E-state index contributed by atoms with van der Waals surface area (Å²) in [6, 6.07) is 1.45. The fraction of sp³-hybridized carbons (Fsp3) is 0.500. The van der Waals surface area contributed by atoms with Gasteiger partial charge in [0.1, 0.15) is 4.90 Å². The molecule has 0 spiro atoms. The molecule has 0 amide bonds. The van der Waals surface area contributed by atoms with E-state index in [9.17, 15) is 8.42 Å². The molecule has 7 heteroatoms. The average molecular weight is 259 g/mol. The summed E-state index contributed by atoms with van der Waals surface area (Å²) < 4.78 is 31.2. The molecule has 0 atom stereocenters. The van der Waals surface area contributed by atoms with E-state index in [4.69, 9.17) is 10.5 Å². The Hall–Kier alpha value is -1.18. The standard InChI is InChI=1S/C10H17N3O3S/c1-2-16-7-3-5-13-17(14,15)10-8-12-6-4-9(10)11/h4,6,8,13H,2-3,5,7H2,1H3,(H2,11,12). The summed E-state index contributed by atoms with van der Waals surface area (Å²) in [4.78, 5) is 3.76. The highest BCUT2D eigenvalue weighted by Crippen LogP contribution is 2.14. The summed E-state index contributed by atoms with van der Waals surface area (Å²) in [5.41, 5.74) is 5.77. The van der Waals surface area contributed by atoms with Crippen LogP contribution in [-0.4, -0.2) is 33.2 Å². The highest BCUT2D eigenvalue weighted by atomic mass is 32.2. The molecule has 3 N–H and O–H groups in total. The Morgan fingerprint density at radius 2 is 2.29 bits per heavy atom. The van der Waals surface area contributed by atoms with Gasteiger partial charge in [-0.05, 0) is 19.4 Å². The van der Waals surface area contributed by atoms with Gasteiger partial charge in [0.15, 0.2) is 0 Å². The third kappa shape index (κ3) is 4.29. The van der Waals surface area contributed by atoms with E-state index in [1.54, 1.807) is 0 Å². The number of nitrogens with two attached hydrogens (primary N) is 1. The number of hydrogen-bond donors (Lipinski definition) is 2. The number of ether oxygens (including phenoxy) is 1. The lowest BCUT2D eigenvalue weighted by Gasteiger charge is -2.08. The number of nitrogen functional groups attached to an aromatic ring is 1. The van der Waals surface area contributed by atoms with Crippen LogP contribution in [0.5, 0.6) is 0 Å². The Morgan fingerprint density at radius 1 is 1.53 bits per heavy atom. The molecule has 1 aromatic rings. The van der Waals surface area contributed by atoms with E-state index in [2.05, 4.69) is 9.71 Å². The number of sulfonamides is 1. The summed E-state index contributed by atoms with van der Waals surface area (Å²) in [6.07, 6.45) is 3.30. The van der Waals surface area contributed by atoms with Crippen molar-refractivity contribution in [1.82, 2.24) is 9.71 Å². The van der Waals surface area contributed by atoms with E-state index in [1.165, 1.54) is 18.5 Å². The largest absolute Gasteiger partial charge is 0.398 e. The predicted octanol–water partition coefficient (Wildman–Crippen LogP) is 0.369. The minimum absolute atomic E-state index is 0.0106. The number of nitrogens with one attached hydrogen (secondary N) is 1. The van der Waals surface area contributed by atoms with Crippen molar-refractivity contribution < 1.29 is 13.2 Å². The normalized spacial score (nSPS) is 11.6. The Morgan fingerprint density at radius 3 is 2.94 bits per heavy atom. The highest BCUT2D eigenvalue weighted by molar-refractivity contribution is 7.89. The maximum absolute atomic E-state index is 11.8. The SMILES string of the molecule is CCOCCCNS(=O)(=O)c1cnccc1N. The van der Waals surface area contributed by atoms with E-state index in [-0.39, 0.29) is 10.6 Å². The summed E-state index contributed by atoms with van der Waals surface area (Å²) in [5, 5.41) is 0. The lowest BCUT2D eigenvalue weighted by atomic mass is 10.4. The molecule has 1 rings (SSSR count). The van der Waals surface area contributed by atoms with Gasteiger partial charge in [-0.25, -0.2) is 13.1 Å². The number of pyridine rings is 1. The number of hydrogen-bond acceptors (Lipinski definition) is 5. The van der Waals surface area contributed by atoms with Gasteiger partial charge in [-0.1, -0.05) is 0 Å². The molecule has 0 aromatic carbocycles. The monoisotopic (exact) mass is 259 g/mol. The summed E-state index contributed by atoms with van der Waals surface area (Å²) in [6.45, 7) is 3.36. The molecular formula is C10H17N3O3S. The van der Waals surface area contributed by atoms with Crippen molar-refractivity contribution in [3.05, 3.63) is 18.5 Å². The van der Waals surface area contributed by atoms with Crippen LogP contribution < -0.4 is 10.5 Å². The quantitative estimate of drug-likeness (QED) is 0.690. The van der Waals surface area contributed by atoms with Gasteiger partial charge in [0, 0.05) is 32.2 Å². The number of nitrogens with zero attached hydrogens (tertiary/aromatic N) is 1. The van der Waals surface area contributed by atoms with Gasteiger partial charge in [0.05, 0.1) is 5.69 Å². The van der Waals surface area contributed by atoms with Crippen LogP contribution >= 0.6 is 0 Å². The molecule has 0 radical (unpaired) electrons. The lowest BCUT2D eigenvalue weighted by molar-refractivity contribution is 0.146. The van der Waals surface area contributed by atoms with Crippen LogP contribution in [0.4, 0.5) is 5.69 Å². The highest BCUT2D eigenvalue weighted by Gasteiger charge is 2.16. The molecule has 0 aliphatic carbocycles. The second-order valence-electron chi connectivity index (χ2n) is 3.36. The van der Waals surface area contributed by atoms with Gasteiger partial charge in [-0.15, -0.1) is 0 Å². The van der Waals surface area contributed by atoms with Crippen LogP contribution in [-0.2, 0) is 14.8 Å². The zero-order valence-electron chi connectivity index (χ0n) is 9.72. The van der Waals surface area contributed by atoms with Gasteiger partial charge >= 0.3 is 0 Å². The lowest BCUT2D eigenvalue weighted by Crippen LogP contribution is -2.26. The molecule has 0 saturated carbocycles. The Kier molecular flexibility index (Phi) is 5.33. The van der Waals surface area contributed by atoms with Crippen LogP contribution in [0.3, 0.4) is 0 Å². The molecule has 17 heavy (non-hydrogen) atoms. The molecule has 1 aromatic heterocycles. The Labute approximate surface area is 101 Å². The van der Waals surface area contributed by atoms with Gasteiger partial charge in [-0.3, -0.25) is 4.98 Å². The minimum Gasteiger partial charge on any atom is -0.398 e. The topological polar surface area (TPSA) is 94.3 Å². The maximum atomic E-state index is 11.8. The fourth-order valence-electron chi connectivity index (χ4n) is 1.22. The summed E-state index contributed by atoms with van der Waals surface area (Å²) in [7, 11) is -3.57. The molecule has 0 saturated heterocycles. The van der Waals surface area contributed by atoms with Crippen molar-refractivity contribution in [1.29, 1.82) is 0 Å². The van der Waals surface area contributed by atoms with E-state index in [1.807, 2.05) is 6.92 Å². The van der Waals surface area contributed by atoms with Crippen LogP contribution in [0.25, 0.3) is 0 Å². The van der Waals surface area contributed by atoms with Crippen molar-refractivity contribution in [2.45, 2.75) is 18.2 Å². The Balaban J connectivity index is 2.55. The third-order valence-electron chi connectivity index (χ3n) is 2.07. The van der Waals surface area contributed by atoms with Crippen LogP contribution in [0.1, 0.15) is 13.3 Å². The zero-order chi connectivity index (χ0) is 12.7. The van der Waals surface area contributed by atoms with Crippen molar-refractivity contribution in [2.75, 3.05) is 25.5 Å². The van der Waals surface area contributed by atoms with E-state index < -0.39 is 10.0 Å². The number of rotatable bonds is 7. The smallest absolute Gasteiger partial charge is 0.244 e. The second-order valence-corrected chi connectivity index (χ2v) is 5.10. The molecule has 96 valence electrons. The van der Waals surface area contributed by atoms with E-state index in [0.717, 1.165) is 0 Å². The van der Waals surface area contributed by atoms with Gasteiger partial charge in [-0.2, -0.15) is 0 Å². The summed E-state index contributed by atoms with van der Waals surface area (Å²) >= 11 is 0. The Bertz CT molecular complexity index is 448. The number of aromatic nitrogens is 1. The molecule has 0 fully saturated rings. The molecule has 0 aliphatic heterocycles. The first kappa shape index (κ1) is 13.9. The minimum atomic E-state index is -3.57. The van der Waals surface area contributed by atoms with Gasteiger partial charge in [0.2, 0.25) is 10.0 Å². The van der Waals surface area contributed by atoms with Gasteiger partial charge in [0.25, 0.3) is 0 Å². The van der Waals surface area contributed by atoms with Crippen molar-refractivity contribution in [2.24, 2.45) is 0 Å². The van der Waals surface area contributed by atoms with Crippen LogP contribution in [0, 0.1) is 0 Å². The first-order valence-electron chi connectivity index (χ1n) is 5.35. The zero-order valence-corrected chi connectivity index (χ0v) is 10.5. The molecular weight excluding hydrogens is 242 g/mol. The van der Waals surface area contributed by atoms with Crippen molar-refractivity contribution >= 4 is 15.7 Å². The van der Waals surface area contributed by atoms with Crippen molar-refractivity contribution in [3.63, 3.8) is 0 Å². The first-order valence-corrected chi connectivity index (χ1v) is 6.83. The molecule has 0 aliphatic rings. The number of anilines is 1. The molecule has 6 nitrogen and oxygen atoms in total. The molecule has 1 heterocycles. The second kappa shape index (κ2) is 6.53. The molecule has 0 unspecified atom stereocenters. The maximum Gasteiger partial charge on any atom is 0.244 e. The van der Waals surface area contributed by atoms with E-state index in [0.29, 0.717) is 26.2 Å². The summed E-state index contributed by atoms with van der Waals surface area (Å²) in [5.74, 6) is 0. The van der Waals surface area contributed by atoms with Crippen LogP contribution in [0.2, 0.25) is 0 Å².